The lowest BCUT2D eigenvalue weighted by Crippen LogP contribution is -2.42. The fourth-order valence-electron chi connectivity index (χ4n) is 2.77. The van der Waals surface area contributed by atoms with Crippen LogP contribution in [0.25, 0.3) is 0 Å². The van der Waals surface area contributed by atoms with Crippen molar-refractivity contribution in [3.63, 3.8) is 0 Å². The first kappa shape index (κ1) is 12.4. The Hall–Kier alpha value is -1.03. The molecule has 0 radical (unpaired) electrons. The molecule has 1 saturated carbocycles. The Kier molecular flexibility index (Phi) is 3.17. The van der Waals surface area contributed by atoms with Gasteiger partial charge in [0.25, 0.3) is 0 Å². The van der Waals surface area contributed by atoms with E-state index >= 15 is 0 Å². The number of nitrogens with one attached hydrogen (secondary N) is 1. The number of allylic oxidation sites excluding steroid dienone is 1. The van der Waals surface area contributed by atoms with Gasteiger partial charge in [0.1, 0.15) is 5.60 Å². The fourth-order valence-corrected chi connectivity index (χ4v) is 2.77. The van der Waals surface area contributed by atoms with Crippen LogP contribution in [0.15, 0.2) is 12.2 Å². The van der Waals surface area contributed by atoms with Gasteiger partial charge in [-0.25, -0.2) is 4.79 Å². The zero-order valence-corrected chi connectivity index (χ0v) is 10.8. The van der Waals surface area contributed by atoms with Gasteiger partial charge in [-0.15, -0.1) is 0 Å². The Labute approximate surface area is 103 Å². The largest absolute Gasteiger partial charge is 0.444 e. The van der Waals surface area contributed by atoms with E-state index in [1.807, 2.05) is 20.8 Å². The summed E-state index contributed by atoms with van der Waals surface area (Å²) < 4.78 is 5.20. The number of hydrogen-bond acceptors (Lipinski definition) is 3. The summed E-state index contributed by atoms with van der Waals surface area (Å²) in [6.45, 7) is 6.19. The lowest BCUT2D eigenvalue weighted by atomic mass is 9.89. The van der Waals surface area contributed by atoms with E-state index in [2.05, 4.69) is 17.5 Å². The highest BCUT2D eigenvalue weighted by Crippen LogP contribution is 2.42. The van der Waals surface area contributed by atoms with Gasteiger partial charge in [0, 0.05) is 12.6 Å². The lowest BCUT2D eigenvalue weighted by Gasteiger charge is -2.26. The molecule has 2 aliphatic carbocycles. The second-order valence-corrected chi connectivity index (χ2v) is 6.07. The molecular weight excluding hydrogens is 216 g/mol. The van der Waals surface area contributed by atoms with Crippen molar-refractivity contribution in [2.45, 2.75) is 38.8 Å². The number of fused-ring (bicyclic) bond motifs is 2. The molecule has 4 heteroatoms. The van der Waals surface area contributed by atoms with Gasteiger partial charge in [-0.1, -0.05) is 12.2 Å². The predicted molar refractivity (Wildman–Crippen MR) is 66.4 cm³/mol. The van der Waals surface area contributed by atoms with Crippen LogP contribution in [0.5, 0.6) is 0 Å². The first-order valence-electron chi connectivity index (χ1n) is 6.27. The number of hydrogen-bond donors (Lipinski definition) is 2. The Morgan fingerprint density at radius 2 is 2.06 bits per heavy atom. The van der Waals surface area contributed by atoms with Crippen LogP contribution >= 0.6 is 0 Å². The third-order valence-electron chi connectivity index (χ3n) is 3.57. The van der Waals surface area contributed by atoms with Gasteiger partial charge in [0.15, 0.2) is 0 Å². The highest BCUT2D eigenvalue weighted by Gasteiger charge is 2.42. The van der Waals surface area contributed by atoms with Crippen LogP contribution in [-0.4, -0.2) is 24.3 Å². The Balaban J connectivity index is 1.79. The molecule has 0 heterocycles. The van der Waals surface area contributed by atoms with E-state index in [-0.39, 0.29) is 12.1 Å². The van der Waals surface area contributed by atoms with Crippen LogP contribution in [0.3, 0.4) is 0 Å². The average molecular weight is 238 g/mol. The summed E-state index contributed by atoms with van der Waals surface area (Å²) in [5.74, 6) is 1.40. The molecule has 2 bridgehead atoms. The maximum absolute atomic E-state index is 11.5. The highest BCUT2D eigenvalue weighted by atomic mass is 16.6. The standard InChI is InChI=1S/C13H22N2O2/c1-13(2,3)17-12(16)15-7-10-8-4-5-9(6-8)11(10)14/h4-5,8-11H,6-7,14H2,1-3H3,(H,15,16). The molecule has 1 amide bonds. The van der Waals surface area contributed by atoms with Crippen molar-refractivity contribution in [3.8, 4) is 0 Å². The molecule has 0 aliphatic heterocycles. The van der Waals surface area contributed by atoms with Crippen molar-refractivity contribution in [2.75, 3.05) is 6.54 Å². The molecule has 4 nitrogen and oxygen atoms in total. The Bertz CT molecular complexity index is 333. The van der Waals surface area contributed by atoms with Crippen molar-refractivity contribution in [2.24, 2.45) is 23.5 Å². The summed E-state index contributed by atoms with van der Waals surface area (Å²) in [6.07, 6.45) is 5.23. The molecule has 2 aliphatic rings. The molecule has 3 N–H and O–H groups in total. The lowest BCUT2D eigenvalue weighted by molar-refractivity contribution is 0.0515. The highest BCUT2D eigenvalue weighted by molar-refractivity contribution is 5.67. The second-order valence-electron chi connectivity index (χ2n) is 6.07. The van der Waals surface area contributed by atoms with E-state index in [0.29, 0.717) is 24.3 Å². The summed E-state index contributed by atoms with van der Waals surface area (Å²) in [5, 5.41) is 2.82. The van der Waals surface area contributed by atoms with E-state index in [4.69, 9.17) is 10.5 Å². The van der Waals surface area contributed by atoms with Crippen molar-refractivity contribution < 1.29 is 9.53 Å². The summed E-state index contributed by atoms with van der Waals surface area (Å²) in [4.78, 5) is 11.5. The Morgan fingerprint density at radius 3 is 2.59 bits per heavy atom. The van der Waals surface area contributed by atoms with Gasteiger partial charge < -0.3 is 15.8 Å². The molecule has 0 spiro atoms. The number of nitrogens with two attached hydrogens (primary N) is 1. The number of carbonyl (C=O) groups is 1. The molecular formula is C13H22N2O2. The van der Waals surface area contributed by atoms with Crippen molar-refractivity contribution >= 4 is 6.09 Å². The van der Waals surface area contributed by atoms with Crippen LogP contribution in [0.2, 0.25) is 0 Å². The minimum atomic E-state index is -0.444. The summed E-state index contributed by atoms with van der Waals surface area (Å²) in [6, 6.07) is 0.180. The van der Waals surface area contributed by atoms with Crippen LogP contribution in [0.1, 0.15) is 27.2 Å². The van der Waals surface area contributed by atoms with E-state index in [1.54, 1.807) is 0 Å². The van der Waals surface area contributed by atoms with Gasteiger partial charge >= 0.3 is 6.09 Å². The molecule has 2 rings (SSSR count). The van der Waals surface area contributed by atoms with E-state index in [9.17, 15) is 4.79 Å². The number of carbonyl (C=O) groups excluding carboxylic acids is 1. The smallest absolute Gasteiger partial charge is 0.407 e. The van der Waals surface area contributed by atoms with E-state index in [1.165, 1.54) is 0 Å². The second kappa shape index (κ2) is 4.33. The molecule has 1 fully saturated rings. The summed E-state index contributed by atoms with van der Waals surface area (Å²) >= 11 is 0. The van der Waals surface area contributed by atoms with Crippen LogP contribution in [0.4, 0.5) is 4.79 Å². The van der Waals surface area contributed by atoms with Crippen LogP contribution in [-0.2, 0) is 4.74 Å². The quantitative estimate of drug-likeness (QED) is 0.719. The maximum Gasteiger partial charge on any atom is 0.407 e. The fraction of sp³-hybridized carbons (Fsp3) is 0.769. The molecule has 96 valence electrons. The molecule has 4 unspecified atom stereocenters. The van der Waals surface area contributed by atoms with Gasteiger partial charge in [0.05, 0.1) is 0 Å². The van der Waals surface area contributed by atoms with Gasteiger partial charge in [-0.05, 0) is 44.9 Å². The van der Waals surface area contributed by atoms with E-state index < -0.39 is 5.60 Å². The number of amides is 1. The van der Waals surface area contributed by atoms with Crippen LogP contribution in [0, 0.1) is 17.8 Å². The van der Waals surface area contributed by atoms with Gasteiger partial charge in [-0.2, -0.15) is 0 Å². The minimum Gasteiger partial charge on any atom is -0.444 e. The average Bonchev–Trinajstić information content (AvgIpc) is 2.73. The first-order valence-corrected chi connectivity index (χ1v) is 6.27. The molecule has 0 saturated heterocycles. The SMILES string of the molecule is CC(C)(C)OC(=O)NCC1C2C=CC(C2)C1N. The van der Waals surface area contributed by atoms with Crippen LogP contribution < -0.4 is 11.1 Å². The minimum absolute atomic E-state index is 0.180. The third-order valence-corrected chi connectivity index (χ3v) is 3.57. The zero-order chi connectivity index (χ0) is 12.6. The molecule has 0 aromatic heterocycles. The predicted octanol–water partition coefficient (Wildman–Crippen LogP) is 1.66. The molecule has 4 atom stereocenters. The van der Waals surface area contributed by atoms with Crippen molar-refractivity contribution in [3.05, 3.63) is 12.2 Å². The summed E-state index contributed by atoms with van der Waals surface area (Å²) in [7, 11) is 0. The number of rotatable bonds is 2. The van der Waals surface area contributed by atoms with Crippen molar-refractivity contribution in [1.82, 2.24) is 5.32 Å². The topological polar surface area (TPSA) is 64.3 Å². The first-order chi connectivity index (χ1) is 7.87. The normalized spacial score (nSPS) is 35.1. The Morgan fingerprint density at radius 1 is 1.41 bits per heavy atom. The third kappa shape index (κ3) is 2.80. The molecule has 0 aromatic carbocycles. The zero-order valence-electron chi connectivity index (χ0n) is 10.8. The number of alkyl carbamates (subject to hydrolysis) is 1. The molecule has 0 aromatic rings. The number of ether oxygens (including phenoxy) is 1. The van der Waals surface area contributed by atoms with Gasteiger partial charge in [0.2, 0.25) is 0 Å². The van der Waals surface area contributed by atoms with Gasteiger partial charge in [-0.3, -0.25) is 0 Å². The van der Waals surface area contributed by atoms with Crippen molar-refractivity contribution in [1.29, 1.82) is 0 Å². The molecule has 17 heavy (non-hydrogen) atoms. The maximum atomic E-state index is 11.5. The monoisotopic (exact) mass is 238 g/mol. The van der Waals surface area contributed by atoms with E-state index in [0.717, 1.165) is 6.42 Å². The summed E-state index contributed by atoms with van der Waals surface area (Å²) in [5.41, 5.74) is 5.69.